The molecular formula is C17H34O. The maximum absolute atomic E-state index is 11.5. The highest BCUT2D eigenvalue weighted by Crippen LogP contribution is 2.34. The fourth-order valence-corrected chi connectivity index (χ4v) is 2.86. The summed E-state index contributed by atoms with van der Waals surface area (Å²) in [4.78, 5) is 11.5. The molecule has 18 heavy (non-hydrogen) atoms. The normalized spacial score (nSPS) is 11.7. The van der Waals surface area contributed by atoms with Crippen LogP contribution in [0.25, 0.3) is 0 Å². The molecular weight excluding hydrogens is 220 g/mol. The molecule has 0 spiro atoms. The van der Waals surface area contributed by atoms with Crippen molar-refractivity contribution < 1.29 is 4.79 Å². The van der Waals surface area contributed by atoms with Crippen LogP contribution in [-0.4, -0.2) is 6.29 Å². The second-order valence-corrected chi connectivity index (χ2v) is 5.85. The Balaban J connectivity index is 4.09. The first-order valence-electron chi connectivity index (χ1n) is 8.21. The molecule has 0 atom stereocenters. The third-order valence-electron chi connectivity index (χ3n) is 4.05. The van der Waals surface area contributed by atoms with Gasteiger partial charge in [0.25, 0.3) is 0 Å². The van der Waals surface area contributed by atoms with Crippen molar-refractivity contribution in [1.29, 1.82) is 0 Å². The summed E-state index contributed by atoms with van der Waals surface area (Å²) in [6, 6.07) is 0. The Hall–Kier alpha value is -0.330. The van der Waals surface area contributed by atoms with Crippen LogP contribution in [-0.2, 0) is 4.79 Å². The molecule has 0 N–H and O–H groups in total. The van der Waals surface area contributed by atoms with Crippen LogP contribution in [0.3, 0.4) is 0 Å². The lowest BCUT2D eigenvalue weighted by molar-refractivity contribution is -0.117. The van der Waals surface area contributed by atoms with E-state index in [1.54, 1.807) is 0 Å². The predicted molar refractivity (Wildman–Crippen MR) is 80.9 cm³/mol. The lowest BCUT2D eigenvalue weighted by atomic mass is 9.76. The van der Waals surface area contributed by atoms with E-state index in [0.29, 0.717) is 0 Å². The zero-order valence-electron chi connectivity index (χ0n) is 13.0. The summed E-state index contributed by atoms with van der Waals surface area (Å²) in [5.41, 5.74) is 0.0102. The van der Waals surface area contributed by atoms with Gasteiger partial charge < -0.3 is 4.79 Å². The third kappa shape index (κ3) is 7.89. The van der Waals surface area contributed by atoms with E-state index in [4.69, 9.17) is 0 Å². The zero-order valence-corrected chi connectivity index (χ0v) is 13.0. The van der Waals surface area contributed by atoms with Gasteiger partial charge in [-0.05, 0) is 19.3 Å². The summed E-state index contributed by atoms with van der Waals surface area (Å²) in [5.74, 6) is 0. The Morgan fingerprint density at radius 3 is 1.50 bits per heavy atom. The molecule has 0 unspecified atom stereocenters. The van der Waals surface area contributed by atoms with E-state index in [1.165, 1.54) is 57.7 Å². The first kappa shape index (κ1) is 17.7. The molecule has 0 amide bonds. The molecule has 1 heteroatoms. The molecule has 0 radical (unpaired) electrons. The van der Waals surface area contributed by atoms with Crippen LogP contribution < -0.4 is 0 Å². The van der Waals surface area contributed by atoms with Crippen molar-refractivity contribution in [3.63, 3.8) is 0 Å². The van der Waals surface area contributed by atoms with Crippen LogP contribution in [0.15, 0.2) is 0 Å². The van der Waals surface area contributed by atoms with E-state index < -0.39 is 0 Å². The highest BCUT2D eigenvalue weighted by Gasteiger charge is 2.27. The summed E-state index contributed by atoms with van der Waals surface area (Å²) in [6.45, 7) is 6.68. The van der Waals surface area contributed by atoms with Crippen LogP contribution in [0.4, 0.5) is 0 Å². The van der Waals surface area contributed by atoms with Crippen molar-refractivity contribution in [2.75, 3.05) is 0 Å². The number of carbonyl (C=O) groups excluding carboxylic acids is 1. The molecule has 0 aromatic rings. The minimum atomic E-state index is 0.0102. The van der Waals surface area contributed by atoms with E-state index in [2.05, 4.69) is 20.8 Å². The van der Waals surface area contributed by atoms with Crippen LogP contribution in [0, 0.1) is 5.41 Å². The number of rotatable bonds is 13. The van der Waals surface area contributed by atoms with Gasteiger partial charge in [-0.2, -0.15) is 0 Å². The number of aldehydes is 1. The molecule has 0 aromatic carbocycles. The first-order chi connectivity index (χ1) is 8.74. The number of carbonyl (C=O) groups is 1. The topological polar surface area (TPSA) is 17.1 Å². The van der Waals surface area contributed by atoms with Crippen LogP contribution in [0.5, 0.6) is 0 Å². The Morgan fingerprint density at radius 1 is 0.667 bits per heavy atom. The molecule has 0 heterocycles. The largest absolute Gasteiger partial charge is 0.303 e. The first-order valence-corrected chi connectivity index (χ1v) is 8.21. The van der Waals surface area contributed by atoms with Crippen molar-refractivity contribution in [1.82, 2.24) is 0 Å². The van der Waals surface area contributed by atoms with Crippen molar-refractivity contribution in [3.8, 4) is 0 Å². The maximum atomic E-state index is 11.5. The van der Waals surface area contributed by atoms with Gasteiger partial charge in [0.2, 0.25) is 0 Å². The van der Waals surface area contributed by atoms with Crippen molar-refractivity contribution in [2.45, 2.75) is 97.8 Å². The Morgan fingerprint density at radius 2 is 1.17 bits per heavy atom. The summed E-state index contributed by atoms with van der Waals surface area (Å²) in [6.07, 6.45) is 16.0. The van der Waals surface area contributed by atoms with Gasteiger partial charge in [-0.25, -0.2) is 0 Å². The molecule has 0 fully saturated rings. The standard InChI is InChI=1S/C17H34O/c1-4-7-9-11-14-17(16-18,13-6-3)15-12-10-8-5-2/h16H,4-15H2,1-3H3. The second kappa shape index (κ2) is 11.7. The minimum absolute atomic E-state index is 0.0102. The van der Waals surface area contributed by atoms with E-state index in [-0.39, 0.29) is 5.41 Å². The van der Waals surface area contributed by atoms with Crippen LogP contribution >= 0.6 is 0 Å². The molecule has 0 saturated carbocycles. The average Bonchev–Trinajstić information content (AvgIpc) is 2.39. The van der Waals surface area contributed by atoms with E-state index in [0.717, 1.165) is 25.7 Å². The minimum Gasteiger partial charge on any atom is -0.303 e. The molecule has 0 aliphatic rings. The lowest BCUT2D eigenvalue weighted by Crippen LogP contribution is -2.22. The maximum Gasteiger partial charge on any atom is 0.126 e. The summed E-state index contributed by atoms with van der Waals surface area (Å²) in [5, 5.41) is 0. The van der Waals surface area contributed by atoms with Gasteiger partial charge in [-0.1, -0.05) is 78.6 Å². The highest BCUT2D eigenvalue weighted by atomic mass is 16.1. The summed E-state index contributed by atoms with van der Waals surface area (Å²) >= 11 is 0. The smallest absolute Gasteiger partial charge is 0.126 e. The van der Waals surface area contributed by atoms with Crippen molar-refractivity contribution in [3.05, 3.63) is 0 Å². The molecule has 0 aliphatic heterocycles. The monoisotopic (exact) mass is 254 g/mol. The molecule has 0 saturated heterocycles. The molecule has 108 valence electrons. The van der Waals surface area contributed by atoms with Gasteiger partial charge in [-0.3, -0.25) is 0 Å². The molecule has 0 aromatic heterocycles. The second-order valence-electron chi connectivity index (χ2n) is 5.85. The predicted octanol–water partition coefficient (Wildman–Crippen LogP) is 5.91. The Kier molecular flexibility index (Phi) is 11.5. The zero-order chi connectivity index (χ0) is 13.7. The van der Waals surface area contributed by atoms with Gasteiger partial charge in [0.15, 0.2) is 0 Å². The summed E-state index contributed by atoms with van der Waals surface area (Å²) in [7, 11) is 0. The van der Waals surface area contributed by atoms with Gasteiger partial charge in [0.05, 0.1) is 0 Å². The van der Waals surface area contributed by atoms with Gasteiger partial charge in [0.1, 0.15) is 6.29 Å². The fourth-order valence-electron chi connectivity index (χ4n) is 2.86. The van der Waals surface area contributed by atoms with Crippen molar-refractivity contribution in [2.24, 2.45) is 5.41 Å². The van der Waals surface area contributed by atoms with E-state index in [1.807, 2.05) is 0 Å². The number of hydrogen-bond donors (Lipinski definition) is 0. The summed E-state index contributed by atoms with van der Waals surface area (Å²) < 4.78 is 0. The van der Waals surface area contributed by atoms with E-state index >= 15 is 0 Å². The van der Waals surface area contributed by atoms with Crippen LogP contribution in [0.1, 0.15) is 97.8 Å². The lowest BCUT2D eigenvalue weighted by Gasteiger charge is -2.28. The molecule has 0 aliphatic carbocycles. The fraction of sp³-hybridized carbons (Fsp3) is 0.941. The molecule has 1 nitrogen and oxygen atoms in total. The van der Waals surface area contributed by atoms with Crippen LogP contribution in [0.2, 0.25) is 0 Å². The molecule has 0 bridgehead atoms. The molecule has 0 rings (SSSR count). The Bertz CT molecular complexity index is 174. The van der Waals surface area contributed by atoms with E-state index in [9.17, 15) is 4.79 Å². The van der Waals surface area contributed by atoms with Gasteiger partial charge in [0, 0.05) is 5.41 Å². The number of hydrogen-bond acceptors (Lipinski definition) is 1. The highest BCUT2D eigenvalue weighted by molar-refractivity contribution is 5.59. The van der Waals surface area contributed by atoms with Gasteiger partial charge in [-0.15, -0.1) is 0 Å². The SMILES string of the molecule is CCCCCCC(C=O)(CCC)CCCCCC. The van der Waals surface area contributed by atoms with Crippen molar-refractivity contribution >= 4 is 6.29 Å². The van der Waals surface area contributed by atoms with Gasteiger partial charge >= 0.3 is 0 Å². The quantitative estimate of drug-likeness (QED) is 0.295. The number of unbranched alkanes of at least 4 members (excludes halogenated alkanes) is 6. The average molecular weight is 254 g/mol. The Labute approximate surface area is 115 Å². The third-order valence-corrected chi connectivity index (χ3v) is 4.05.